The van der Waals surface area contributed by atoms with E-state index in [1.807, 2.05) is 0 Å². The third-order valence-electron chi connectivity index (χ3n) is 4.51. The molecule has 0 saturated carbocycles. The summed E-state index contributed by atoms with van der Waals surface area (Å²) in [6.07, 6.45) is 6.36. The van der Waals surface area contributed by atoms with Crippen molar-refractivity contribution in [2.45, 2.75) is 32.1 Å². The zero-order valence-electron chi connectivity index (χ0n) is 16.6. The molecule has 10 heteroatoms. The Hall–Kier alpha value is -3.14. The van der Waals surface area contributed by atoms with Gasteiger partial charge in [-0.05, 0) is 12.8 Å². The molecule has 0 atom stereocenters. The topological polar surface area (TPSA) is 130 Å². The summed E-state index contributed by atoms with van der Waals surface area (Å²) in [5.74, 6) is -1.89. The van der Waals surface area contributed by atoms with Crippen molar-refractivity contribution < 1.29 is 33.5 Å². The Bertz CT molecular complexity index is 672. The van der Waals surface area contributed by atoms with Gasteiger partial charge in [0, 0.05) is 76.4 Å². The molecular weight excluding hydrogens is 394 g/mol. The molecule has 0 aromatic rings. The SMILES string of the molecule is O=C(CCCOCCCNC(=O)CCN1C(=O)C=CC1=O)CCN1C(=O)C=CC1=O. The minimum absolute atomic E-state index is 0.0384. The number of ether oxygens (including phenoxy) is 1. The fourth-order valence-corrected chi connectivity index (χ4v) is 2.84. The van der Waals surface area contributed by atoms with Gasteiger partial charge in [0.15, 0.2) is 0 Å². The Labute approximate surface area is 173 Å². The lowest BCUT2D eigenvalue weighted by atomic mass is 10.1. The van der Waals surface area contributed by atoms with E-state index in [2.05, 4.69) is 5.32 Å². The number of nitrogens with one attached hydrogen (secondary N) is 1. The second-order valence-electron chi connectivity index (χ2n) is 6.78. The minimum Gasteiger partial charge on any atom is -0.381 e. The summed E-state index contributed by atoms with van der Waals surface area (Å²) in [5.41, 5.74) is 0. The van der Waals surface area contributed by atoms with Crippen LogP contribution < -0.4 is 5.32 Å². The third-order valence-corrected chi connectivity index (χ3v) is 4.51. The predicted octanol–water partition coefficient (Wildman–Crippen LogP) is -0.511. The van der Waals surface area contributed by atoms with E-state index < -0.39 is 23.6 Å². The van der Waals surface area contributed by atoms with Crippen LogP contribution in [0.25, 0.3) is 0 Å². The molecule has 0 aliphatic carbocycles. The average molecular weight is 419 g/mol. The average Bonchev–Trinajstić information content (AvgIpc) is 3.21. The van der Waals surface area contributed by atoms with Crippen LogP contribution in [0.4, 0.5) is 0 Å². The van der Waals surface area contributed by atoms with Gasteiger partial charge < -0.3 is 10.1 Å². The van der Waals surface area contributed by atoms with Gasteiger partial charge in [-0.15, -0.1) is 0 Å². The molecule has 162 valence electrons. The van der Waals surface area contributed by atoms with Gasteiger partial charge in [-0.2, -0.15) is 0 Å². The third kappa shape index (κ3) is 7.36. The number of nitrogens with zero attached hydrogens (tertiary/aromatic N) is 2. The van der Waals surface area contributed by atoms with E-state index in [9.17, 15) is 28.8 Å². The van der Waals surface area contributed by atoms with Crippen LogP contribution in [0.2, 0.25) is 0 Å². The number of rotatable bonds is 14. The van der Waals surface area contributed by atoms with Crippen molar-refractivity contribution in [3.63, 3.8) is 0 Å². The number of imide groups is 2. The van der Waals surface area contributed by atoms with Crippen molar-refractivity contribution in [3.8, 4) is 0 Å². The maximum absolute atomic E-state index is 11.8. The maximum atomic E-state index is 11.8. The van der Waals surface area contributed by atoms with E-state index in [0.29, 0.717) is 39.0 Å². The second-order valence-corrected chi connectivity index (χ2v) is 6.78. The standard InChI is InChI=1S/C20H25N3O7/c24-15(8-11-22-17(26)4-5-18(22)27)3-1-13-30-14-2-10-21-16(25)9-12-23-19(28)6-7-20(23)29/h4-7H,1-3,8-14H2,(H,21,25). The van der Waals surface area contributed by atoms with Crippen LogP contribution in [-0.2, 0) is 33.5 Å². The molecule has 0 radical (unpaired) electrons. The lowest BCUT2D eigenvalue weighted by Crippen LogP contribution is -2.35. The summed E-state index contributed by atoms with van der Waals surface area (Å²) in [6.45, 7) is 1.38. The van der Waals surface area contributed by atoms with E-state index in [-0.39, 0.29) is 37.6 Å². The number of hydrogen-bond acceptors (Lipinski definition) is 7. The molecule has 5 amide bonds. The first-order valence-corrected chi connectivity index (χ1v) is 9.81. The Morgan fingerprint density at radius 3 is 1.80 bits per heavy atom. The lowest BCUT2D eigenvalue weighted by Gasteiger charge is -2.13. The van der Waals surface area contributed by atoms with Gasteiger partial charge in [-0.3, -0.25) is 38.6 Å². The van der Waals surface area contributed by atoms with Gasteiger partial charge >= 0.3 is 0 Å². The maximum Gasteiger partial charge on any atom is 0.253 e. The molecule has 2 rings (SSSR count). The molecule has 0 spiro atoms. The van der Waals surface area contributed by atoms with E-state index in [0.717, 1.165) is 9.80 Å². The Morgan fingerprint density at radius 2 is 1.23 bits per heavy atom. The highest BCUT2D eigenvalue weighted by Gasteiger charge is 2.24. The van der Waals surface area contributed by atoms with Crippen molar-refractivity contribution in [3.05, 3.63) is 24.3 Å². The molecule has 0 bridgehead atoms. The van der Waals surface area contributed by atoms with Crippen molar-refractivity contribution in [2.24, 2.45) is 0 Å². The molecule has 1 N–H and O–H groups in total. The number of carbonyl (C=O) groups is 6. The van der Waals surface area contributed by atoms with Crippen LogP contribution in [0, 0.1) is 0 Å². The number of amides is 5. The summed E-state index contributed by atoms with van der Waals surface area (Å²) in [4.78, 5) is 71.1. The van der Waals surface area contributed by atoms with Gasteiger partial charge in [0.25, 0.3) is 23.6 Å². The normalized spacial score (nSPS) is 15.6. The smallest absolute Gasteiger partial charge is 0.253 e. The van der Waals surface area contributed by atoms with Crippen LogP contribution in [0.1, 0.15) is 32.1 Å². The van der Waals surface area contributed by atoms with E-state index in [1.165, 1.54) is 24.3 Å². The van der Waals surface area contributed by atoms with Crippen molar-refractivity contribution in [2.75, 3.05) is 32.8 Å². The zero-order valence-corrected chi connectivity index (χ0v) is 16.6. The van der Waals surface area contributed by atoms with Crippen LogP contribution in [0.15, 0.2) is 24.3 Å². The predicted molar refractivity (Wildman–Crippen MR) is 104 cm³/mol. The first kappa shape index (κ1) is 23.1. The zero-order chi connectivity index (χ0) is 21.9. The van der Waals surface area contributed by atoms with Gasteiger partial charge in [-0.25, -0.2) is 0 Å². The fourth-order valence-electron chi connectivity index (χ4n) is 2.84. The first-order valence-electron chi connectivity index (χ1n) is 9.81. The van der Waals surface area contributed by atoms with Crippen molar-refractivity contribution in [1.29, 1.82) is 0 Å². The Morgan fingerprint density at radius 1 is 0.733 bits per heavy atom. The van der Waals surface area contributed by atoms with E-state index in [1.54, 1.807) is 0 Å². The molecule has 0 saturated heterocycles. The summed E-state index contributed by atoms with van der Waals surface area (Å²) < 4.78 is 5.41. The molecule has 30 heavy (non-hydrogen) atoms. The van der Waals surface area contributed by atoms with E-state index >= 15 is 0 Å². The minimum atomic E-state index is -0.408. The van der Waals surface area contributed by atoms with Crippen LogP contribution in [0.3, 0.4) is 0 Å². The number of ketones is 1. The molecule has 0 unspecified atom stereocenters. The number of carbonyl (C=O) groups excluding carboxylic acids is 6. The van der Waals surface area contributed by atoms with Gasteiger partial charge in [0.05, 0.1) is 0 Å². The highest BCUT2D eigenvalue weighted by Crippen LogP contribution is 2.06. The molecule has 0 aromatic carbocycles. The molecule has 10 nitrogen and oxygen atoms in total. The van der Waals surface area contributed by atoms with Crippen LogP contribution in [-0.4, -0.2) is 78.0 Å². The summed E-state index contributed by atoms with van der Waals surface area (Å²) >= 11 is 0. The monoisotopic (exact) mass is 419 g/mol. The molecule has 2 aliphatic heterocycles. The van der Waals surface area contributed by atoms with Gasteiger partial charge in [0.2, 0.25) is 5.91 Å². The highest BCUT2D eigenvalue weighted by atomic mass is 16.5. The van der Waals surface area contributed by atoms with Crippen molar-refractivity contribution in [1.82, 2.24) is 15.1 Å². The number of Topliss-reactive ketones (excluding diaryl/α,β-unsaturated/α-hetero) is 1. The fraction of sp³-hybridized carbons (Fsp3) is 0.500. The highest BCUT2D eigenvalue weighted by molar-refractivity contribution is 6.13. The molecule has 2 aliphatic rings. The summed E-state index contributed by atoms with van der Waals surface area (Å²) in [7, 11) is 0. The second kappa shape index (κ2) is 11.8. The largest absolute Gasteiger partial charge is 0.381 e. The summed E-state index contributed by atoms with van der Waals surface area (Å²) in [5, 5.41) is 2.69. The number of hydrogen-bond donors (Lipinski definition) is 1. The Balaban J connectivity index is 1.41. The lowest BCUT2D eigenvalue weighted by molar-refractivity contribution is -0.139. The quantitative estimate of drug-likeness (QED) is 0.296. The van der Waals surface area contributed by atoms with Crippen LogP contribution in [0.5, 0.6) is 0 Å². The van der Waals surface area contributed by atoms with Crippen molar-refractivity contribution >= 4 is 35.3 Å². The first-order chi connectivity index (χ1) is 14.4. The van der Waals surface area contributed by atoms with Crippen LogP contribution >= 0.6 is 0 Å². The molecule has 2 heterocycles. The van der Waals surface area contributed by atoms with E-state index in [4.69, 9.17) is 4.74 Å². The summed E-state index contributed by atoms with van der Waals surface area (Å²) in [6, 6.07) is 0. The van der Waals surface area contributed by atoms with Gasteiger partial charge in [0.1, 0.15) is 5.78 Å². The molecule has 0 aromatic heterocycles. The van der Waals surface area contributed by atoms with Gasteiger partial charge in [-0.1, -0.05) is 0 Å². The molecular formula is C20H25N3O7. The molecule has 0 fully saturated rings. The Kier molecular flexibility index (Phi) is 9.07.